The average Bonchev–Trinajstić information content (AvgIpc) is 3.32. The van der Waals surface area contributed by atoms with Crippen molar-refractivity contribution in [1.82, 2.24) is 14.9 Å². The summed E-state index contributed by atoms with van der Waals surface area (Å²) in [4.78, 5) is 11.7. The van der Waals surface area contributed by atoms with Crippen LogP contribution in [0.1, 0.15) is 36.8 Å². The number of nitrogens with zero attached hydrogens (tertiary/aromatic N) is 3. The van der Waals surface area contributed by atoms with E-state index in [9.17, 15) is 9.13 Å². The molecule has 1 fully saturated rings. The summed E-state index contributed by atoms with van der Waals surface area (Å²) in [7, 11) is -5.19. The highest BCUT2D eigenvalue weighted by molar-refractivity contribution is 7.71. The summed E-state index contributed by atoms with van der Waals surface area (Å²) in [5.74, 6) is 0.836. The van der Waals surface area contributed by atoms with Crippen molar-refractivity contribution < 1.29 is 9.13 Å². The lowest BCUT2D eigenvalue weighted by molar-refractivity contribution is 0.222. The molecular weight excluding hydrogens is 548 g/mol. The van der Waals surface area contributed by atoms with Crippen molar-refractivity contribution in [3.05, 3.63) is 58.7 Å². The SMILES string of the molecule is CP(C)(=O)c1ccc(Nc2nc(Nc3ccc4c(c3)CC[C@@H](N3CCCC3)CC4)ncc2Cl)c(P(C)(C)=O)c1. The minimum Gasteiger partial charge on any atom is -0.338 e. The van der Waals surface area contributed by atoms with Crippen LogP contribution in [-0.4, -0.2) is 60.7 Å². The van der Waals surface area contributed by atoms with Gasteiger partial charge in [0.05, 0.1) is 11.9 Å². The zero-order valence-corrected chi connectivity index (χ0v) is 25.8. The maximum absolute atomic E-state index is 13.1. The molecule has 2 aliphatic rings. The van der Waals surface area contributed by atoms with E-state index in [1.54, 1.807) is 51.1 Å². The Hall–Kier alpha value is -2.17. The highest BCUT2D eigenvalue weighted by Gasteiger charge is 2.25. The third kappa shape index (κ3) is 6.77. The lowest BCUT2D eigenvalue weighted by atomic mass is 10.0. The van der Waals surface area contributed by atoms with E-state index in [0.29, 0.717) is 39.1 Å². The van der Waals surface area contributed by atoms with E-state index in [-0.39, 0.29) is 0 Å². The molecule has 0 spiro atoms. The van der Waals surface area contributed by atoms with Crippen LogP contribution in [-0.2, 0) is 22.0 Å². The number of hydrogen-bond acceptors (Lipinski definition) is 7. The van der Waals surface area contributed by atoms with Gasteiger partial charge >= 0.3 is 0 Å². The highest BCUT2D eigenvalue weighted by atomic mass is 35.5. The number of benzene rings is 2. The number of fused-ring (bicyclic) bond motifs is 1. The zero-order chi connectivity index (χ0) is 27.8. The van der Waals surface area contributed by atoms with Crippen LogP contribution in [0.15, 0.2) is 42.6 Å². The summed E-state index contributed by atoms with van der Waals surface area (Å²) >= 11 is 6.47. The number of rotatable bonds is 7. The molecule has 0 unspecified atom stereocenters. The van der Waals surface area contributed by atoms with Crippen LogP contribution in [0.25, 0.3) is 0 Å². The first-order chi connectivity index (χ1) is 18.5. The lowest BCUT2D eigenvalue weighted by Gasteiger charge is -2.25. The molecule has 5 rings (SSSR count). The fourth-order valence-corrected chi connectivity index (χ4v) is 7.89. The zero-order valence-electron chi connectivity index (χ0n) is 23.2. The number of halogens is 1. The van der Waals surface area contributed by atoms with Gasteiger partial charge in [0.15, 0.2) is 5.82 Å². The molecule has 1 aliphatic heterocycles. The maximum atomic E-state index is 13.1. The Kier molecular flexibility index (Phi) is 8.27. The number of anilines is 4. The Morgan fingerprint density at radius 1 is 0.897 bits per heavy atom. The van der Waals surface area contributed by atoms with Gasteiger partial charge in [-0.25, -0.2) is 4.98 Å². The maximum Gasteiger partial charge on any atom is 0.229 e. The van der Waals surface area contributed by atoms with Crippen molar-refractivity contribution in [2.75, 3.05) is 50.4 Å². The highest BCUT2D eigenvalue weighted by Crippen LogP contribution is 2.41. The van der Waals surface area contributed by atoms with Gasteiger partial charge in [-0.05, 0) is 120 Å². The van der Waals surface area contributed by atoms with Crippen LogP contribution in [0.5, 0.6) is 0 Å². The monoisotopic (exact) mass is 585 g/mol. The lowest BCUT2D eigenvalue weighted by Crippen LogP contribution is -2.32. The normalized spacial score (nSPS) is 18.4. The van der Waals surface area contributed by atoms with Crippen LogP contribution < -0.4 is 21.2 Å². The Bertz CT molecular complexity index is 1460. The van der Waals surface area contributed by atoms with E-state index in [2.05, 4.69) is 43.7 Å². The van der Waals surface area contributed by atoms with Crippen LogP contribution in [0, 0.1) is 0 Å². The second-order valence-electron chi connectivity index (χ2n) is 11.5. The van der Waals surface area contributed by atoms with Gasteiger partial charge in [-0.1, -0.05) is 17.7 Å². The molecule has 0 radical (unpaired) electrons. The van der Waals surface area contributed by atoms with E-state index in [1.165, 1.54) is 49.9 Å². The van der Waals surface area contributed by atoms with Crippen LogP contribution in [0.4, 0.5) is 23.1 Å². The predicted molar refractivity (Wildman–Crippen MR) is 166 cm³/mol. The van der Waals surface area contributed by atoms with Crippen molar-refractivity contribution >= 4 is 59.6 Å². The summed E-state index contributed by atoms with van der Waals surface area (Å²) in [5, 5.41) is 8.26. The summed E-state index contributed by atoms with van der Waals surface area (Å²) in [6, 6.07) is 12.6. The van der Waals surface area contributed by atoms with Gasteiger partial charge in [-0.2, -0.15) is 4.98 Å². The molecule has 39 heavy (non-hydrogen) atoms. The molecule has 208 valence electrons. The van der Waals surface area contributed by atoms with Gasteiger partial charge in [-0.3, -0.25) is 0 Å². The number of nitrogens with one attached hydrogen (secondary N) is 2. The number of aromatic nitrogens is 2. The second-order valence-corrected chi connectivity index (χ2v) is 18.3. The molecule has 0 saturated carbocycles. The van der Waals surface area contributed by atoms with Crippen molar-refractivity contribution in [2.45, 2.75) is 44.6 Å². The second kappa shape index (κ2) is 11.4. The molecule has 1 aliphatic carbocycles. The van der Waals surface area contributed by atoms with E-state index < -0.39 is 14.3 Å². The van der Waals surface area contributed by atoms with Gasteiger partial charge in [-0.15, -0.1) is 0 Å². The first kappa shape index (κ1) is 28.4. The summed E-state index contributed by atoms with van der Waals surface area (Å²) in [6.07, 6.45) is 8.85. The van der Waals surface area contributed by atoms with Gasteiger partial charge in [0, 0.05) is 22.3 Å². The Labute approximate surface area is 236 Å². The first-order valence-corrected chi connectivity index (χ1v) is 19.2. The molecule has 10 heteroatoms. The minimum absolute atomic E-state index is 0.351. The average molecular weight is 586 g/mol. The molecular formula is C29H38ClN5O2P2. The van der Waals surface area contributed by atoms with Crippen molar-refractivity contribution in [1.29, 1.82) is 0 Å². The van der Waals surface area contributed by atoms with Crippen LogP contribution in [0.3, 0.4) is 0 Å². The van der Waals surface area contributed by atoms with Crippen LogP contribution in [0.2, 0.25) is 5.02 Å². The first-order valence-electron chi connectivity index (χ1n) is 13.6. The van der Waals surface area contributed by atoms with E-state index >= 15 is 0 Å². The Morgan fingerprint density at radius 3 is 2.31 bits per heavy atom. The molecule has 1 aromatic heterocycles. The quantitative estimate of drug-likeness (QED) is 0.243. The molecule has 1 atom stereocenters. The predicted octanol–water partition coefficient (Wildman–Crippen LogP) is 6.46. The minimum atomic E-state index is -2.69. The van der Waals surface area contributed by atoms with Gasteiger partial charge in [0.25, 0.3) is 0 Å². The molecule has 7 nitrogen and oxygen atoms in total. The van der Waals surface area contributed by atoms with Crippen molar-refractivity contribution in [3.63, 3.8) is 0 Å². The Balaban J connectivity index is 1.35. The fraction of sp³-hybridized carbons (Fsp3) is 0.448. The third-order valence-corrected chi connectivity index (χ3v) is 11.1. The number of aryl methyl sites for hydroxylation is 2. The van der Waals surface area contributed by atoms with Gasteiger partial charge < -0.3 is 24.7 Å². The van der Waals surface area contributed by atoms with Crippen molar-refractivity contribution in [2.24, 2.45) is 0 Å². The van der Waals surface area contributed by atoms with Gasteiger partial charge in [0.1, 0.15) is 19.3 Å². The third-order valence-electron chi connectivity index (χ3n) is 7.79. The smallest absolute Gasteiger partial charge is 0.229 e. The van der Waals surface area contributed by atoms with E-state index in [4.69, 9.17) is 11.6 Å². The molecule has 2 aromatic carbocycles. The Morgan fingerprint density at radius 2 is 1.62 bits per heavy atom. The largest absolute Gasteiger partial charge is 0.338 e. The van der Waals surface area contributed by atoms with Crippen molar-refractivity contribution in [3.8, 4) is 0 Å². The van der Waals surface area contributed by atoms with E-state index in [0.717, 1.165) is 18.5 Å². The summed E-state index contributed by atoms with van der Waals surface area (Å²) in [5.41, 5.74) is 4.40. The summed E-state index contributed by atoms with van der Waals surface area (Å²) in [6.45, 7) is 9.32. The molecule has 2 N–H and O–H groups in total. The number of hydrogen-bond donors (Lipinski definition) is 2. The molecule has 0 bridgehead atoms. The van der Waals surface area contributed by atoms with Gasteiger partial charge in [0.2, 0.25) is 5.95 Å². The molecule has 0 amide bonds. The topological polar surface area (TPSA) is 87.2 Å². The van der Waals surface area contributed by atoms with E-state index in [1.807, 2.05) is 0 Å². The standard InChI is InChI=1S/C29H38ClN5O2P2/c1-38(2,36)24-13-14-26(27(18-24)39(3,4)37)33-28-25(30)19-31-29(34-28)32-22-10-7-20-8-11-23(12-9-21(20)17-22)35-15-5-6-16-35/h7,10,13-14,17-19,23H,5-6,8-9,11-12,15-16H2,1-4H3,(H2,31,32,33,34)/t23-/m0/s1. The molecule has 1 saturated heterocycles. The summed E-state index contributed by atoms with van der Waals surface area (Å²) < 4.78 is 25.8. The number of likely N-dealkylation sites (tertiary alicyclic amines) is 1. The fourth-order valence-electron chi connectivity index (χ4n) is 5.62. The molecule has 3 aromatic rings. The van der Waals surface area contributed by atoms with Crippen LogP contribution >= 0.6 is 25.9 Å². The molecule has 2 heterocycles.